The van der Waals surface area contributed by atoms with Crippen LogP contribution >= 0.6 is 15.9 Å². The molecule has 2 heterocycles. The molecule has 6 aromatic rings. The first-order chi connectivity index (χ1) is 14.8. The van der Waals surface area contributed by atoms with Gasteiger partial charge in [-0.15, -0.1) is 0 Å². The van der Waals surface area contributed by atoms with Crippen LogP contribution in [0.15, 0.2) is 114 Å². The van der Waals surface area contributed by atoms with Gasteiger partial charge in [0, 0.05) is 27.8 Å². The zero-order chi connectivity index (χ0) is 20.3. The second-order valence-electron chi connectivity index (χ2n) is 7.11. The molecule has 0 fully saturated rings. The molecule has 2 aromatic heterocycles. The van der Waals surface area contributed by atoms with E-state index < -0.39 is 0 Å². The summed E-state index contributed by atoms with van der Waals surface area (Å²) >= 11 is 3.50. The van der Waals surface area contributed by atoms with Gasteiger partial charge >= 0.3 is 0 Å². The third-order valence-corrected chi connectivity index (χ3v) is 5.78. The monoisotopic (exact) mass is 450 g/mol. The fraction of sp³-hybridized carbons (Fsp3) is 0. The zero-order valence-electron chi connectivity index (χ0n) is 16.2. The number of fused-ring (bicyclic) bond motifs is 4. The average molecular weight is 451 g/mol. The second kappa shape index (κ2) is 8.13. The van der Waals surface area contributed by atoms with Crippen LogP contribution in [0.2, 0.25) is 0 Å². The Hall–Kier alpha value is -3.43. The van der Waals surface area contributed by atoms with Gasteiger partial charge in [0.25, 0.3) is 0 Å². The maximum absolute atomic E-state index is 4.53. The molecule has 0 radical (unpaired) electrons. The van der Waals surface area contributed by atoms with Gasteiger partial charge in [0.2, 0.25) is 0 Å². The normalized spacial score (nSPS) is 10.8. The third kappa shape index (κ3) is 3.60. The number of rotatable bonds is 1. The average Bonchev–Trinajstić information content (AvgIpc) is 3.28. The van der Waals surface area contributed by atoms with Crippen molar-refractivity contribution in [3.05, 3.63) is 114 Å². The van der Waals surface area contributed by atoms with E-state index in [0.29, 0.717) is 0 Å². The molecule has 3 heteroatoms. The zero-order valence-corrected chi connectivity index (χ0v) is 17.8. The number of hydrogen-bond donors (Lipinski definition) is 1. The Morgan fingerprint density at radius 2 is 1.43 bits per heavy atom. The summed E-state index contributed by atoms with van der Waals surface area (Å²) in [6.45, 7) is 0. The van der Waals surface area contributed by atoms with Gasteiger partial charge in [0.1, 0.15) is 0 Å². The summed E-state index contributed by atoms with van der Waals surface area (Å²) in [7, 11) is 0. The van der Waals surface area contributed by atoms with E-state index in [1.807, 2.05) is 24.5 Å². The summed E-state index contributed by atoms with van der Waals surface area (Å²) in [6, 6.07) is 33.5. The first-order valence-electron chi connectivity index (χ1n) is 9.84. The number of para-hydroxylation sites is 1. The number of aromatic amines is 1. The summed E-state index contributed by atoms with van der Waals surface area (Å²) in [5, 5.41) is 4.99. The molecule has 0 saturated carbocycles. The number of nitrogens with zero attached hydrogens (tertiary/aromatic N) is 1. The fourth-order valence-electron chi connectivity index (χ4n) is 3.79. The van der Waals surface area contributed by atoms with Crippen LogP contribution in [0.1, 0.15) is 0 Å². The Bertz CT molecular complexity index is 1420. The van der Waals surface area contributed by atoms with Gasteiger partial charge < -0.3 is 4.98 Å². The van der Waals surface area contributed by atoms with Gasteiger partial charge in [-0.1, -0.05) is 76.6 Å². The molecule has 4 aromatic carbocycles. The Morgan fingerprint density at radius 3 is 2.27 bits per heavy atom. The van der Waals surface area contributed by atoms with Crippen LogP contribution in [0.4, 0.5) is 0 Å². The summed E-state index contributed by atoms with van der Waals surface area (Å²) in [6.07, 6.45) is 3.83. The van der Waals surface area contributed by atoms with E-state index in [-0.39, 0.29) is 0 Å². The molecular weight excluding hydrogens is 432 g/mol. The minimum absolute atomic E-state index is 1.04. The lowest BCUT2D eigenvalue weighted by Gasteiger charge is -2.09. The molecule has 1 N–H and O–H groups in total. The van der Waals surface area contributed by atoms with Gasteiger partial charge in [0.05, 0.1) is 5.52 Å². The highest BCUT2D eigenvalue weighted by molar-refractivity contribution is 9.10. The van der Waals surface area contributed by atoms with Crippen molar-refractivity contribution in [3.8, 4) is 11.1 Å². The molecule has 0 amide bonds. The SMILES string of the molecule is Brc1ccc(-c2ccnc3ccc4ccccc4c23)cc1.c1ccc2[nH]ccc2c1. The minimum Gasteiger partial charge on any atom is -0.361 e. The van der Waals surface area contributed by atoms with Crippen molar-refractivity contribution in [2.45, 2.75) is 0 Å². The summed E-state index contributed by atoms with van der Waals surface area (Å²) in [5.74, 6) is 0. The summed E-state index contributed by atoms with van der Waals surface area (Å²) in [4.78, 5) is 7.65. The van der Waals surface area contributed by atoms with Crippen LogP contribution in [-0.2, 0) is 0 Å². The standard InChI is InChI=1S/C19H12BrN.C8H7N/c20-15-8-5-14(6-9-15)17-11-12-21-18-10-7-13-3-1-2-4-16(13)19(17)18;1-2-4-8-7(3-1)5-6-9-8/h1-12H;1-6,9H. The van der Waals surface area contributed by atoms with Crippen LogP contribution in [-0.4, -0.2) is 9.97 Å². The van der Waals surface area contributed by atoms with Gasteiger partial charge in [-0.3, -0.25) is 4.98 Å². The Labute approximate surface area is 183 Å². The highest BCUT2D eigenvalue weighted by Gasteiger charge is 2.08. The highest BCUT2D eigenvalue weighted by Crippen LogP contribution is 2.33. The van der Waals surface area contributed by atoms with Crippen molar-refractivity contribution in [2.24, 2.45) is 0 Å². The summed E-state index contributed by atoms with van der Waals surface area (Å²) < 4.78 is 1.09. The van der Waals surface area contributed by atoms with Crippen LogP contribution in [0.5, 0.6) is 0 Å². The maximum Gasteiger partial charge on any atom is 0.0714 e. The smallest absolute Gasteiger partial charge is 0.0714 e. The van der Waals surface area contributed by atoms with E-state index >= 15 is 0 Å². The number of aromatic nitrogens is 2. The Kier molecular flexibility index (Phi) is 5.04. The topological polar surface area (TPSA) is 28.7 Å². The summed E-state index contributed by atoms with van der Waals surface area (Å²) in [5.41, 5.74) is 4.68. The van der Waals surface area contributed by atoms with Crippen molar-refractivity contribution in [1.82, 2.24) is 9.97 Å². The Balaban J connectivity index is 0.000000178. The first kappa shape index (κ1) is 18.6. The maximum atomic E-state index is 4.53. The van der Waals surface area contributed by atoms with Gasteiger partial charge in [-0.05, 0) is 63.7 Å². The number of nitrogens with one attached hydrogen (secondary N) is 1. The van der Waals surface area contributed by atoms with Crippen LogP contribution in [0, 0.1) is 0 Å². The lowest BCUT2D eigenvalue weighted by molar-refractivity contribution is 1.42. The number of pyridine rings is 1. The highest BCUT2D eigenvalue weighted by atomic mass is 79.9. The largest absolute Gasteiger partial charge is 0.361 e. The van der Waals surface area contributed by atoms with Crippen LogP contribution < -0.4 is 0 Å². The van der Waals surface area contributed by atoms with Crippen molar-refractivity contribution in [1.29, 1.82) is 0 Å². The predicted octanol–water partition coefficient (Wildman–Crippen LogP) is 7.99. The van der Waals surface area contributed by atoms with Crippen LogP contribution in [0.3, 0.4) is 0 Å². The first-order valence-corrected chi connectivity index (χ1v) is 10.6. The molecule has 30 heavy (non-hydrogen) atoms. The molecule has 0 unspecified atom stereocenters. The van der Waals surface area contributed by atoms with Crippen LogP contribution in [0.25, 0.3) is 43.7 Å². The quantitative estimate of drug-likeness (QED) is 0.252. The van der Waals surface area contributed by atoms with Crippen molar-refractivity contribution in [3.63, 3.8) is 0 Å². The van der Waals surface area contributed by atoms with Crippen molar-refractivity contribution < 1.29 is 0 Å². The minimum atomic E-state index is 1.04. The van der Waals surface area contributed by atoms with Crippen molar-refractivity contribution in [2.75, 3.05) is 0 Å². The van der Waals surface area contributed by atoms with Gasteiger partial charge in [-0.25, -0.2) is 0 Å². The van der Waals surface area contributed by atoms with E-state index in [1.54, 1.807) is 0 Å². The Morgan fingerprint density at radius 1 is 0.667 bits per heavy atom. The molecular formula is C27H19BrN2. The molecule has 0 bridgehead atoms. The molecule has 144 valence electrons. The molecule has 0 spiro atoms. The lowest BCUT2D eigenvalue weighted by Crippen LogP contribution is -1.86. The van der Waals surface area contributed by atoms with Gasteiger partial charge in [-0.2, -0.15) is 0 Å². The van der Waals surface area contributed by atoms with E-state index in [1.165, 1.54) is 38.2 Å². The number of hydrogen-bond acceptors (Lipinski definition) is 1. The van der Waals surface area contributed by atoms with Gasteiger partial charge in [0.15, 0.2) is 0 Å². The fourth-order valence-corrected chi connectivity index (χ4v) is 4.06. The number of halogens is 1. The van der Waals surface area contributed by atoms with E-state index in [0.717, 1.165) is 9.99 Å². The third-order valence-electron chi connectivity index (χ3n) is 5.25. The molecule has 0 aliphatic carbocycles. The second-order valence-corrected chi connectivity index (χ2v) is 8.03. The molecule has 0 atom stereocenters. The number of benzene rings is 4. The molecule has 0 aliphatic heterocycles. The molecule has 0 saturated heterocycles. The van der Waals surface area contributed by atoms with E-state index in [2.05, 4.69) is 111 Å². The number of H-pyrrole nitrogens is 1. The molecule has 2 nitrogen and oxygen atoms in total. The van der Waals surface area contributed by atoms with Crippen molar-refractivity contribution >= 4 is 48.5 Å². The molecule has 6 rings (SSSR count). The van der Waals surface area contributed by atoms with E-state index in [9.17, 15) is 0 Å². The predicted molar refractivity (Wildman–Crippen MR) is 131 cm³/mol. The lowest BCUT2D eigenvalue weighted by atomic mass is 9.97. The molecule has 0 aliphatic rings. The van der Waals surface area contributed by atoms with E-state index in [4.69, 9.17) is 0 Å².